The molecule has 0 aliphatic rings. The van der Waals surface area contributed by atoms with Gasteiger partial charge in [0.2, 0.25) is 5.91 Å². The monoisotopic (exact) mass is 265 g/mol. The number of thiazole rings is 1. The molecule has 2 aromatic heterocycles. The van der Waals surface area contributed by atoms with Crippen molar-refractivity contribution in [2.75, 3.05) is 5.73 Å². The van der Waals surface area contributed by atoms with Gasteiger partial charge >= 0.3 is 0 Å². The summed E-state index contributed by atoms with van der Waals surface area (Å²) in [4.78, 5) is 16.1. The van der Waals surface area contributed by atoms with Crippen LogP contribution in [0.5, 0.6) is 0 Å². The summed E-state index contributed by atoms with van der Waals surface area (Å²) in [5.74, 6) is -0.0971. The molecule has 2 heterocycles. The van der Waals surface area contributed by atoms with E-state index >= 15 is 0 Å². The van der Waals surface area contributed by atoms with E-state index in [-0.39, 0.29) is 18.5 Å². The van der Waals surface area contributed by atoms with Gasteiger partial charge in [0.25, 0.3) is 0 Å². The van der Waals surface area contributed by atoms with Crippen LogP contribution in [-0.4, -0.2) is 20.7 Å². The maximum Gasteiger partial charge on any atom is 0.242 e. The van der Waals surface area contributed by atoms with Gasteiger partial charge in [-0.25, -0.2) is 4.98 Å². The molecule has 7 heteroatoms. The average molecular weight is 265 g/mol. The number of carbonyl (C=O) groups is 1. The topological polar surface area (TPSA) is 85.8 Å². The zero-order valence-electron chi connectivity index (χ0n) is 10.0. The van der Waals surface area contributed by atoms with E-state index in [0.29, 0.717) is 5.69 Å². The van der Waals surface area contributed by atoms with Gasteiger partial charge in [-0.15, -0.1) is 11.3 Å². The van der Waals surface area contributed by atoms with Crippen molar-refractivity contribution in [2.45, 2.75) is 25.9 Å². The lowest BCUT2D eigenvalue weighted by Gasteiger charge is -2.14. The van der Waals surface area contributed by atoms with Crippen LogP contribution in [0.25, 0.3) is 0 Å². The Morgan fingerprint density at radius 2 is 2.50 bits per heavy atom. The van der Waals surface area contributed by atoms with Crippen LogP contribution in [0.4, 0.5) is 5.69 Å². The standard InChI is InChI=1S/C11H15N5OS/c1-2-9(11-13-3-4-18-11)15-10(17)7-16-6-8(12)5-14-16/h3-6,9H,2,7,12H2,1H3,(H,15,17). The van der Waals surface area contributed by atoms with Crippen LogP contribution in [0, 0.1) is 0 Å². The Kier molecular flexibility index (Phi) is 3.93. The molecule has 0 bridgehead atoms. The van der Waals surface area contributed by atoms with Crippen molar-refractivity contribution in [1.82, 2.24) is 20.1 Å². The summed E-state index contributed by atoms with van der Waals surface area (Å²) in [6.07, 6.45) is 5.69. The Morgan fingerprint density at radius 1 is 1.67 bits per heavy atom. The Morgan fingerprint density at radius 3 is 3.06 bits per heavy atom. The molecule has 2 rings (SSSR count). The first-order chi connectivity index (χ1) is 8.69. The number of nitrogens with two attached hydrogens (primary N) is 1. The van der Waals surface area contributed by atoms with Gasteiger partial charge < -0.3 is 11.1 Å². The van der Waals surface area contributed by atoms with Crippen LogP contribution in [0.3, 0.4) is 0 Å². The third-order valence-electron chi connectivity index (χ3n) is 2.45. The van der Waals surface area contributed by atoms with E-state index < -0.39 is 0 Å². The van der Waals surface area contributed by atoms with Crippen LogP contribution in [0.2, 0.25) is 0 Å². The molecule has 0 radical (unpaired) electrons. The third-order valence-corrected chi connectivity index (χ3v) is 3.34. The summed E-state index contributed by atoms with van der Waals surface area (Å²) in [7, 11) is 0. The van der Waals surface area contributed by atoms with Crippen molar-refractivity contribution in [3.05, 3.63) is 29.0 Å². The molecule has 0 aromatic carbocycles. The van der Waals surface area contributed by atoms with Crippen LogP contribution in [-0.2, 0) is 11.3 Å². The zero-order chi connectivity index (χ0) is 13.0. The minimum absolute atomic E-state index is 0.0367. The highest BCUT2D eigenvalue weighted by molar-refractivity contribution is 7.09. The van der Waals surface area contributed by atoms with Gasteiger partial charge in [0.1, 0.15) is 11.6 Å². The van der Waals surface area contributed by atoms with Crippen molar-refractivity contribution in [3.63, 3.8) is 0 Å². The predicted molar refractivity (Wildman–Crippen MR) is 69.9 cm³/mol. The van der Waals surface area contributed by atoms with E-state index in [0.717, 1.165) is 11.4 Å². The zero-order valence-corrected chi connectivity index (χ0v) is 10.9. The maximum atomic E-state index is 11.9. The molecule has 0 aliphatic carbocycles. The minimum atomic E-state index is -0.0971. The number of nitrogens with zero attached hydrogens (tertiary/aromatic N) is 3. The van der Waals surface area contributed by atoms with Gasteiger partial charge in [-0.05, 0) is 6.42 Å². The number of amides is 1. The van der Waals surface area contributed by atoms with Gasteiger partial charge in [-0.2, -0.15) is 5.10 Å². The average Bonchev–Trinajstić information content (AvgIpc) is 2.98. The second-order valence-corrected chi connectivity index (χ2v) is 4.80. The van der Waals surface area contributed by atoms with E-state index in [2.05, 4.69) is 15.4 Å². The van der Waals surface area contributed by atoms with Crippen LogP contribution < -0.4 is 11.1 Å². The molecule has 0 aliphatic heterocycles. The minimum Gasteiger partial charge on any atom is -0.396 e. The lowest BCUT2D eigenvalue weighted by Crippen LogP contribution is -2.31. The number of hydrogen-bond acceptors (Lipinski definition) is 5. The molecule has 0 spiro atoms. The second-order valence-electron chi connectivity index (χ2n) is 3.87. The molecule has 18 heavy (non-hydrogen) atoms. The van der Waals surface area contributed by atoms with E-state index in [9.17, 15) is 4.79 Å². The van der Waals surface area contributed by atoms with E-state index in [1.54, 1.807) is 12.4 Å². The SMILES string of the molecule is CCC(NC(=O)Cn1cc(N)cn1)c1nccs1. The van der Waals surface area contributed by atoms with E-state index in [1.165, 1.54) is 22.2 Å². The smallest absolute Gasteiger partial charge is 0.242 e. The van der Waals surface area contributed by atoms with Crippen LogP contribution in [0.1, 0.15) is 24.4 Å². The number of rotatable bonds is 5. The highest BCUT2D eigenvalue weighted by atomic mass is 32.1. The molecule has 96 valence electrons. The summed E-state index contributed by atoms with van der Waals surface area (Å²) < 4.78 is 1.51. The molecule has 0 fully saturated rings. The summed E-state index contributed by atoms with van der Waals surface area (Å²) in [6, 6.07) is -0.0367. The third kappa shape index (κ3) is 3.07. The largest absolute Gasteiger partial charge is 0.396 e. The van der Waals surface area contributed by atoms with Gasteiger partial charge in [-0.3, -0.25) is 9.48 Å². The van der Waals surface area contributed by atoms with E-state index in [4.69, 9.17) is 5.73 Å². The molecule has 1 atom stereocenters. The highest BCUT2D eigenvalue weighted by Crippen LogP contribution is 2.18. The Labute approximate surface area is 109 Å². The van der Waals surface area contributed by atoms with Gasteiger partial charge in [0.15, 0.2) is 0 Å². The number of carbonyl (C=O) groups excluding carboxylic acids is 1. The van der Waals surface area contributed by atoms with Gasteiger partial charge in [0.05, 0.1) is 17.9 Å². The lowest BCUT2D eigenvalue weighted by molar-refractivity contribution is -0.122. The first kappa shape index (κ1) is 12.6. The summed E-state index contributed by atoms with van der Waals surface area (Å²) in [5, 5.41) is 9.73. The summed E-state index contributed by atoms with van der Waals surface area (Å²) in [5.41, 5.74) is 6.09. The van der Waals surface area contributed by atoms with Crippen LogP contribution >= 0.6 is 11.3 Å². The number of nitrogen functional groups attached to an aromatic ring is 1. The van der Waals surface area contributed by atoms with Crippen molar-refractivity contribution in [2.24, 2.45) is 0 Å². The fourth-order valence-corrected chi connectivity index (χ4v) is 2.37. The molecular formula is C11H15N5OS. The van der Waals surface area contributed by atoms with Gasteiger partial charge in [-0.1, -0.05) is 6.92 Å². The molecule has 6 nitrogen and oxygen atoms in total. The number of nitrogens with one attached hydrogen (secondary N) is 1. The number of aromatic nitrogens is 3. The summed E-state index contributed by atoms with van der Waals surface area (Å²) >= 11 is 1.54. The first-order valence-corrected chi connectivity index (χ1v) is 6.53. The molecule has 0 saturated heterocycles. The second kappa shape index (κ2) is 5.63. The van der Waals surface area contributed by atoms with E-state index in [1.807, 2.05) is 12.3 Å². The maximum absolute atomic E-state index is 11.9. The lowest BCUT2D eigenvalue weighted by atomic mass is 10.2. The summed E-state index contributed by atoms with van der Waals surface area (Å²) in [6.45, 7) is 2.18. The Bertz CT molecular complexity index is 507. The number of anilines is 1. The molecule has 1 amide bonds. The van der Waals surface area contributed by atoms with Gasteiger partial charge in [0, 0.05) is 17.8 Å². The number of hydrogen-bond donors (Lipinski definition) is 2. The molecule has 2 aromatic rings. The Hall–Kier alpha value is -1.89. The van der Waals surface area contributed by atoms with Crippen molar-refractivity contribution in [1.29, 1.82) is 0 Å². The Balaban J connectivity index is 1.94. The molecule has 0 saturated carbocycles. The quantitative estimate of drug-likeness (QED) is 0.850. The first-order valence-electron chi connectivity index (χ1n) is 5.65. The van der Waals surface area contributed by atoms with Crippen LogP contribution in [0.15, 0.2) is 24.0 Å². The van der Waals surface area contributed by atoms with Crippen molar-refractivity contribution < 1.29 is 4.79 Å². The normalized spacial score (nSPS) is 12.3. The predicted octanol–water partition coefficient (Wildman–Crippen LogP) is 1.19. The fourth-order valence-electron chi connectivity index (χ4n) is 1.60. The van der Waals surface area contributed by atoms with Crippen molar-refractivity contribution >= 4 is 22.9 Å². The molecule has 3 N–H and O–H groups in total. The fraction of sp³-hybridized carbons (Fsp3) is 0.364. The molecular weight excluding hydrogens is 250 g/mol. The molecule has 1 unspecified atom stereocenters. The highest BCUT2D eigenvalue weighted by Gasteiger charge is 2.15. The van der Waals surface area contributed by atoms with Crippen molar-refractivity contribution in [3.8, 4) is 0 Å².